The quantitative estimate of drug-likeness (QED) is 0.822. The normalized spacial score (nSPS) is 23.2. The lowest BCUT2D eigenvalue weighted by Crippen LogP contribution is -2.53. The Morgan fingerprint density at radius 1 is 1.16 bits per heavy atom. The van der Waals surface area contributed by atoms with Gasteiger partial charge in [0.25, 0.3) is 0 Å². The van der Waals surface area contributed by atoms with Crippen LogP contribution in [0.25, 0.3) is 0 Å². The molecule has 1 aliphatic heterocycles. The molecule has 4 heteroatoms. The van der Waals surface area contributed by atoms with Gasteiger partial charge in [-0.3, -0.25) is 4.79 Å². The Hall–Kier alpha value is -1.29. The Labute approximate surface area is 110 Å². The molecule has 2 nitrogen and oxygen atoms in total. The zero-order valence-corrected chi connectivity index (χ0v) is 10.6. The molecule has 3 rings (SSSR count). The molecule has 1 heterocycles. The molecule has 1 aliphatic carbocycles. The molecule has 19 heavy (non-hydrogen) atoms. The van der Waals surface area contributed by atoms with Gasteiger partial charge in [-0.2, -0.15) is 0 Å². The average molecular weight is 266 g/mol. The van der Waals surface area contributed by atoms with Gasteiger partial charge in [0.1, 0.15) is 17.4 Å². The van der Waals surface area contributed by atoms with E-state index in [1.54, 1.807) is 0 Å². The largest absolute Gasteiger partial charge is 0.379 e. The number of halogens is 2. The molecule has 0 N–H and O–H groups in total. The molecular weight excluding hydrogens is 250 g/mol. The fourth-order valence-corrected chi connectivity index (χ4v) is 3.32. The highest BCUT2D eigenvalue weighted by Crippen LogP contribution is 2.46. The van der Waals surface area contributed by atoms with E-state index in [-0.39, 0.29) is 17.1 Å². The Morgan fingerprint density at radius 2 is 1.84 bits per heavy atom. The molecule has 1 saturated carbocycles. The number of carbonyl (C=O) groups excluding carboxylic acids is 1. The monoisotopic (exact) mass is 266 g/mol. The van der Waals surface area contributed by atoms with E-state index in [2.05, 4.69) is 0 Å². The number of hydrogen-bond donors (Lipinski definition) is 0. The fourth-order valence-electron chi connectivity index (χ4n) is 3.32. The lowest BCUT2D eigenvalue weighted by molar-refractivity contribution is -0.127. The van der Waals surface area contributed by atoms with Crippen LogP contribution in [0.3, 0.4) is 0 Å². The number of benzene rings is 1. The summed E-state index contributed by atoms with van der Waals surface area (Å²) in [6, 6.07) is 3.76. The minimum atomic E-state index is -0.560. The van der Waals surface area contributed by atoms with Crippen LogP contribution in [0.2, 0.25) is 0 Å². The fraction of sp³-hybridized carbons (Fsp3) is 0.533. The van der Waals surface area contributed by atoms with Crippen LogP contribution in [-0.4, -0.2) is 19.0 Å². The van der Waals surface area contributed by atoms with Crippen molar-refractivity contribution in [3.63, 3.8) is 0 Å². The predicted molar refractivity (Wildman–Crippen MR) is 65.8 cm³/mol. The Bertz CT molecular complexity index is 499. The smallest absolute Gasteiger partial charge is 0.132 e. The van der Waals surface area contributed by atoms with Crippen LogP contribution in [0.15, 0.2) is 18.2 Å². The molecule has 0 aromatic heterocycles. The van der Waals surface area contributed by atoms with Crippen molar-refractivity contribution in [2.75, 3.05) is 13.2 Å². The second-order valence-electron chi connectivity index (χ2n) is 5.59. The highest BCUT2D eigenvalue weighted by Gasteiger charge is 2.49. The van der Waals surface area contributed by atoms with Crippen molar-refractivity contribution in [1.29, 1.82) is 0 Å². The highest BCUT2D eigenvalue weighted by atomic mass is 19.1. The zero-order valence-electron chi connectivity index (χ0n) is 10.6. The summed E-state index contributed by atoms with van der Waals surface area (Å²) in [5.41, 5.74) is 0.179. The van der Waals surface area contributed by atoms with Crippen molar-refractivity contribution in [3.8, 4) is 0 Å². The van der Waals surface area contributed by atoms with Crippen LogP contribution in [-0.2, 0) is 14.9 Å². The Morgan fingerprint density at radius 3 is 2.37 bits per heavy atom. The van der Waals surface area contributed by atoms with Gasteiger partial charge in [-0.15, -0.1) is 0 Å². The standard InChI is InChI=1S/C15H16F2O2/c16-11-3-6-13(14(17)7-11)15(8-19-9-15)10-1-4-12(18)5-2-10/h3,6-7,10H,1-2,4-5,8-9H2. The summed E-state index contributed by atoms with van der Waals surface area (Å²) in [6.45, 7) is 0.933. The van der Waals surface area contributed by atoms with Gasteiger partial charge >= 0.3 is 0 Å². The number of rotatable bonds is 2. The number of ketones is 1. The maximum Gasteiger partial charge on any atom is 0.132 e. The maximum atomic E-state index is 14.0. The second-order valence-corrected chi connectivity index (χ2v) is 5.59. The second kappa shape index (κ2) is 4.67. The van der Waals surface area contributed by atoms with E-state index in [9.17, 15) is 13.6 Å². The first-order valence-electron chi connectivity index (χ1n) is 6.67. The summed E-state index contributed by atoms with van der Waals surface area (Å²) in [4.78, 5) is 11.3. The van der Waals surface area contributed by atoms with Crippen molar-refractivity contribution in [3.05, 3.63) is 35.4 Å². The molecule has 1 aromatic rings. The van der Waals surface area contributed by atoms with Crippen molar-refractivity contribution in [1.82, 2.24) is 0 Å². The summed E-state index contributed by atoms with van der Waals surface area (Å²) >= 11 is 0. The van der Waals surface area contributed by atoms with Crippen LogP contribution in [0.4, 0.5) is 8.78 Å². The van der Waals surface area contributed by atoms with Crippen molar-refractivity contribution < 1.29 is 18.3 Å². The minimum Gasteiger partial charge on any atom is -0.379 e. The van der Waals surface area contributed by atoms with Gasteiger partial charge in [-0.1, -0.05) is 6.07 Å². The van der Waals surface area contributed by atoms with Crippen molar-refractivity contribution in [2.24, 2.45) is 5.92 Å². The molecule has 0 bridgehead atoms. The molecular formula is C15H16F2O2. The van der Waals surface area contributed by atoms with Crippen LogP contribution >= 0.6 is 0 Å². The molecule has 0 amide bonds. The van der Waals surface area contributed by atoms with Gasteiger partial charge < -0.3 is 4.74 Å². The maximum absolute atomic E-state index is 14.0. The van der Waals surface area contributed by atoms with E-state index < -0.39 is 11.6 Å². The SMILES string of the molecule is O=C1CCC(C2(c3ccc(F)cc3F)COC2)CC1. The number of carbonyl (C=O) groups is 1. The molecule has 0 atom stereocenters. The first kappa shape index (κ1) is 12.7. The van der Waals surface area contributed by atoms with E-state index in [1.807, 2.05) is 0 Å². The van der Waals surface area contributed by atoms with E-state index in [0.29, 0.717) is 31.6 Å². The van der Waals surface area contributed by atoms with Crippen LogP contribution in [0.5, 0.6) is 0 Å². The van der Waals surface area contributed by atoms with Gasteiger partial charge in [0.15, 0.2) is 0 Å². The van der Waals surface area contributed by atoms with E-state index in [4.69, 9.17) is 4.74 Å². The molecule has 0 spiro atoms. The summed E-state index contributed by atoms with van der Waals surface area (Å²) in [6.07, 6.45) is 2.68. The topological polar surface area (TPSA) is 26.3 Å². The third-order valence-corrected chi connectivity index (χ3v) is 4.51. The summed E-state index contributed by atoms with van der Waals surface area (Å²) < 4.78 is 32.4. The zero-order chi connectivity index (χ0) is 13.5. The lowest BCUT2D eigenvalue weighted by Gasteiger charge is -2.49. The van der Waals surface area contributed by atoms with Crippen LogP contribution in [0.1, 0.15) is 31.2 Å². The molecule has 102 valence electrons. The van der Waals surface area contributed by atoms with Gasteiger partial charge in [-0.05, 0) is 30.4 Å². The van der Waals surface area contributed by atoms with Gasteiger partial charge in [-0.25, -0.2) is 8.78 Å². The van der Waals surface area contributed by atoms with Gasteiger partial charge in [0.05, 0.1) is 13.2 Å². The Kier molecular flexibility index (Phi) is 3.13. The van der Waals surface area contributed by atoms with Crippen molar-refractivity contribution >= 4 is 5.78 Å². The molecule has 0 unspecified atom stereocenters. The predicted octanol–water partition coefficient (Wildman–Crippen LogP) is 2.99. The average Bonchev–Trinajstić information content (AvgIpc) is 2.32. The number of hydrogen-bond acceptors (Lipinski definition) is 2. The molecule has 2 aliphatic rings. The summed E-state index contributed by atoms with van der Waals surface area (Å²) in [5, 5.41) is 0. The number of Topliss-reactive ketones (excluding diaryl/α,β-unsaturated/α-hetero) is 1. The first-order valence-corrected chi connectivity index (χ1v) is 6.67. The Balaban J connectivity index is 1.92. The third kappa shape index (κ3) is 2.08. The van der Waals surface area contributed by atoms with Gasteiger partial charge in [0.2, 0.25) is 0 Å². The first-order chi connectivity index (χ1) is 9.12. The van der Waals surface area contributed by atoms with E-state index >= 15 is 0 Å². The summed E-state index contributed by atoms with van der Waals surface area (Å²) in [5.74, 6) is -0.527. The third-order valence-electron chi connectivity index (χ3n) is 4.51. The molecule has 0 radical (unpaired) electrons. The van der Waals surface area contributed by atoms with E-state index in [1.165, 1.54) is 12.1 Å². The number of ether oxygens (including phenoxy) is 1. The lowest BCUT2D eigenvalue weighted by atomic mass is 9.63. The van der Waals surface area contributed by atoms with Crippen LogP contribution in [0, 0.1) is 17.6 Å². The molecule has 1 saturated heterocycles. The molecule has 2 fully saturated rings. The summed E-state index contributed by atoms with van der Waals surface area (Å²) in [7, 11) is 0. The molecule has 1 aromatic carbocycles. The highest BCUT2D eigenvalue weighted by molar-refractivity contribution is 5.79. The van der Waals surface area contributed by atoms with Gasteiger partial charge in [0, 0.05) is 24.3 Å². The minimum absolute atomic E-state index is 0.249. The van der Waals surface area contributed by atoms with Crippen LogP contribution < -0.4 is 0 Å². The van der Waals surface area contributed by atoms with E-state index in [0.717, 1.165) is 18.9 Å². The van der Waals surface area contributed by atoms with Crippen molar-refractivity contribution in [2.45, 2.75) is 31.1 Å².